The highest BCUT2D eigenvalue weighted by Gasteiger charge is 2.20. The highest BCUT2D eigenvalue weighted by Crippen LogP contribution is 2.25. The highest BCUT2D eigenvalue weighted by molar-refractivity contribution is 5.35. The van der Waals surface area contributed by atoms with E-state index in [4.69, 9.17) is 4.74 Å². The lowest BCUT2D eigenvalue weighted by Gasteiger charge is -2.35. The molecule has 0 aromatic heterocycles. The van der Waals surface area contributed by atoms with Crippen molar-refractivity contribution in [1.29, 1.82) is 0 Å². The minimum Gasteiger partial charge on any atom is -0.491 e. The maximum atomic E-state index is 10.4. The van der Waals surface area contributed by atoms with Gasteiger partial charge in [-0.1, -0.05) is 62.4 Å². The van der Waals surface area contributed by atoms with Crippen molar-refractivity contribution in [2.75, 3.05) is 39.3 Å². The number of piperazine rings is 1. The normalized spacial score (nSPS) is 17.2. The fourth-order valence-electron chi connectivity index (χ4n) is 3.60. The predicted octanol–water partition coefficient (Wildman–Crippen LogP) is 3.37. The number of benzene rings is 2. The van der Waals surface area contributed by atoms with Crippen molar-refractivity contribution in [3.63, 3.8) is 0 Å². The molecule has 1 aliphatic rings. The van der Waals surface area contributed by atoms with Gasteiger partial charge in [-0.25, -0.2) is 0 Å². The van der Waals surface area contributed by atoms with Gasteiger partial charge in [0.2, 0.25) is 0 Å². The zero-order chi connectivity index (χ0) is 19.1. The van der Waals surface area contributed by atoms with E-state index in [1.54, 1.807) is 0 Å². The van der Waals surface area contributed by atoms with Crippen LogP contribution in [0.25, 0.3) is 0 Å². The van der Waals surface area contributed by atoms with Crippen molar-refractivity contribution in [3.05, 3.63) is 65.7 Å². The first kappa shape index (κ1) is 19.9. The number of β-amino-alcohol motifs (C(OH)–C–C–N with tert-alkyl or cyclic N) is 1. The van der Waals surface area contributed by atoms with Gasteiger partial charge < -0.3 is 9.84 Å². The molecule has 1 atom stereocenters. The molecule has 0 saturated carbocycles. The monoisotopic (exact) mass is 368 g/mol. The Kier molecular flexibility index (Phi) is 7.27. The molecule has 4 heteroatoms. The van der Waals surface area contributed by atoms with Crippen LogP contribution in [-0.2, 0) is 6.54 Å². The number of aliphatic hydroxyl groups is 1. The van der Waals surface area contributed by atoms with E-state index in [1.807, 2.05) is 18.2 Å². The van der Waals surface area contributed by atoms with E-state index in [1.165, 1.54) is 11.1 Å². The molecule has 0 spiro atoms. The Labute approximate surface area is 163 Å². The van der Waals surface area contributed by atoms with Crippen LogP contribution >= 0.6 is 0 Å². The van der Waals surface area contributed by atoms with E-state index in [0.717, 1.165) is 38.5 Å². The minimum absolute atomic E-state index is 0.341. The quantitative estimate of drug-likeness (QED) is 0.775. The molecule has 1 N–H and O–H groups in total. The second-order valence-electron chi connectivity index (χ2n) is 7.72. The van der Waals surface area contributed by atoms with E-state index >= 15 is 0 Å². The Balaban J connectivity index is 1.40. The molecular weight excluding hydrogens is 336 g/mol. The number of para-hydroxylation sites is 1. The van der Waals surface area contributed by atoms with Crippen LogP contribution in [0.1, 0.15) is 30.9 Å². The molecule has 146 valence electrons. The molecule has 0 amide bonds. The SMILES string of the molecule is CC(C)c1ccccc1OC[C@@H](O)CN1CCN(Cc2ccccc2)CC1. The second kappa shape index (κ2) is 9.88. The van der Waals surface area contributed by atoms with Crippen molar-refractivity contribution >= 4 is 0 Å². The van der Waals surface area contributed by atoms with Gasteiger partial charge in [0.25, 0.3) is 0 Å². The molecule has 0 radical (unpaired) electrons. The first-order valence-corrected chi connectivity index (χ1v) is 10.00. The standard InChI is InChI=1S/C23H32N2O2/c1-19(2)22-10-6-7-11-23(22)27-18-21(26)17-25-14-12-24(13-15-25)16-20-8-4-3-5-9-20/h3-11,19,21,26H,12-18H2,1-2H3/t21-/m0/s1. The first-order valence-electron chi connectivity index (χ1n) is 10.00. The summed E-state index contributed by atoms with van der Waals surface area (Å²) in [5.41, 5.74) is 2.56. The van der Waals surface area contributed by atoms with Gasteiger partial charge in [-0.2, -0.15) is 0 Å². The summed E-state index contributed by atoms with van der Waals surface area (Å²) in [7, 11) is 0. The molecule has 1 heterocycles. The number of nitrogens with zero attached hydrogens (tertiary/aromatic N) is 2. The molecule has 1 saturated heterocycles. The molecule has 0 aliphatic carbocycles. The zero-order valence-corrected chi connectivity index (χ0v) is 16.6. The van der Waals surface area contributed by atoms with E-state index in [2.05, 4.69) is 60.0 Å². The van der Waals surface area contributed by atoms with Gasteiger partial charge in [0.05, 0.1) is 0 Å². The van der Waals surface area contributed by atoms with Crippen LogP contribution in [0.4, 0.5) is 0 Å². The molecule has 2 aromatic carbocycles. The first-order chi connectivity index (χ1) is 13.1. The third-order valence-electron chi connectivity index (χ3n) is 5.16. The summed E-state index contributed by atoms with van der Waals surface area (Å²) in [5, 5.41) is 10.4. The molecule has 2 aromatic rings. The van der Waals surface area contributed by atoms with Crippen LogP contribution in [0.2, 0.25) is 0 Å². The molecule has 0 unspecified atom stereocenters. The zero-order valence-electron chi connectivity index (χ0n) is 16.6. The summed E-state index contributed by atoms with van der Waals surface area (Å²) in [6.45, 7) is 10.4. The van der Waals surface area contributed by atoms with E-state index in [9.17, 15) is 5.11 Å². The predicted molar refractivity (Wildman–Crippen MR) is 110 cm³/mol. The Bertz CT molecular complexity index is 682. The van der Waals surface area contributed by atoms with Gasteiger partial charge in [0.15, 0.2) is 0 Å². The number of ether oxygens (including phenoxy) is 1. The van der Waals surface area contributed by atoms with Gasteiger partial charge in [0, 0.05) is 39.3 Å². The van der Waals surface area contributed by atoms with Gasteiger partial charge in [-0.05, 0) is 23.1 Å². The van der Waals surface area contributed by atoms with E-state index < -0.39 is 6.10 Å². The topological polar surface area (TPSA) is 35.9 Å². The van der Waals surface area contributed by atoms with Crippen LogP contribution < -0.4 is 4.74 Å². The third kappa shape index (κ3) is 6.06. The maximum absolute atomic E-state index is 10.4. The van der Waals surface area contributed by atoms with Crippen molar-refractivity contribution in [2.45, 2.75) is 32.4 Å². The summed E-state index contributed by atoms with van der Waals surface area (Å²) in [6, 6.07) is 18.7. The maximum Gasteiger partial charge on any atom is 0.122 e. The Morgan fingerprint density at radius 2 is 1.52 bits per heavy atom. The highest BCUT2D eigenvalue weighted by atomic mass is 16.5. The van der Waals surface area contributed by atoms with Crippen LogP contribution in [0, 0.1) is 0 Å². The van der Waals surface area contributed by atoms with Gasteiger partial charge in [-0.3, -0.25) is 9.80 Å². The fraction of sp³-hybridized carbons (Fsp3) is 0.478. The van der Waals surface area contributed by atoms with Crippen molar-refractivity contribution in [1.82, 2.24) is 9.80 Å². The lowest BCUT2D eigenvalue weighted by atomic mass is 10.0. The Morgan fingerprint density at radius 1 is 0.889 bits per heavy atom. The van der Waals surface area contributed by atoms with E-state index in [-0.39, 0.29) is 0 Å². The molecule has 1 fully saturated rings. The number of hydrogen-bond donors (Lipinski definition) is 1. The van der Waals surface area contributed by atoms with Crippen LogP contribution in [0.3, 0.4) is 0 Å². The largest absolute Gasteiger partial charge is 0.491 e. The van der Waals surface area contributed by atoms with Crippen LogP contribution in [0.5, 0.6) is 5.75 Å². The minimum atomic E-state index is -0.467. The summed E-state index contributed by atoms with van der Waals surface area (Å²) < 4.78 is 5.91. The number of hydrogen-bond acceptors (Lipinski definition) is 4. The third-order valence-corrected chi connectivity index (χ3v) is 5.16. The average molecular weight is 369 g/mol. The van der Waals surface area contributed by atoms with E-state index in [0.29, 0.717) is 19.1 Å². The summed E-state index contributed by atoms with van der Waals surface area (Å²) in [6.07, 6.45) is -0.467. The summed E-state index contributed by atoms with van der Waals surface area (Å²) in [5.74, 6) is 1.30. The summed E-state index contributed by atoms with van der Waals surface area (Å²) >= 11 is 0. The molecule has 0 bridgehead atoms. The fourth-order valence-corrected chi connectivity index (χ4v) is 3.60. The van der Waals surface area contributed by atoms with Gasteiger partial charge >= 0.3 is 0 Å². The Morgan fingerprint density at radius 3 is 2.22 bits per heavy atom. The second-order valence-corrected chi connectivity index (χ2v) is 7.72. The van der Waals surface area contributed by atoms with Gasteiger partial charge in [-0.15, -0.1) is 0 Å². The van der Waals surface area contributed by atoms with Crippen molar-refractivity contribution in [3.8, 4) is 5.75 Å². The van der Waals surface area contributed by atoms with Crippen LogP contribution in [0.15, 0.2) is 54.6 Å². The molecule has 1 aliphatic heterocycles. The molecule has 4 nitrogen and oxygen atoms in total. The van der Waals surface area contributed by atoms with Crippen LogP contribution in [-0.4, -0.2) is 60.3 Å². The van der Waals surface area contributed by atoms with Crippen molar-refractivity contribution < 1.29 is 9.84 Å². The molecule has 27 heavy (non-hydrogen) atoms. The molecule has 3 rings (SSSR count). The number of rotatable bonds is 8. The lowest BCUT2D eigenvalue weighted by molar-refractivity contribution is 0.0443. The molecular formula is C23H32N2O2. The van der Waals surface area contributed by atoms with Gasteiger partial charge in [0.1, 0.15) is 18.5 Å². The lowest BCUT2D eigenvalue weighted by Crippen LogP contribution is -2.48. The average Bonchev–Trinajstić information content (AvgIpc) is 2.69. The Hall–Kier alpha value is -1.88. The number of aliphatic hydroxyl groups excluding tert-OH is 1. The summed E-state index contributed by atoms with van der Waals surface area (Å²) in [4.78, 5) is 4.82. The smallest absolute Gasteiger partial charge is 0.122 e. The van der Waals surface area contributed by atoms with Crippen molar-refractivity contribution in [2.24, 2.45) is 0 Å².